The normalized spacial score (nSPS) is 10.8. The zero-order valence-corrected chi connectivity index (χ0v) is 11.4. The molecule has 0 unspecified atom stereocenters. The van der Waals surface area contributed by atoms with Crippen LogP contribution in [0.3, 0.4) is 0 Å². The Morgan fingerprint density at radius 2 is 2.14 bits per heavy atom. The molecule has 21 heavy (non-hydrogen) atoms. The summed E-state index contributed by atoms with van der Waals surface area (Å²) in [7, 11) is 0. The van der Waals surface area contributed by atoms with E-state index < -0.39 is 5.82 Å². The van der Waals surface area contributed by atoms with Crippen molar-refractivity contribution in [3.05, 3.63) is 48.0 Å². The number of nitrogens with zero attached hydrogens (tertiary/aromatic N) is 3. The Labute approximate surface area is 120 Å². The molecule has 2 heterocycles. The Bertz CT molecular complexity index is 785. The van der Waals surface area contributed by atoms with E-state index in [4.69, 9.17) is 10.3 Å². The van der Waals surface area contributed by atoms with Gasteiger partial charge in [-0.05, 0) is 36.2 Å². The molecule has 0 saturated heterocycles. The first-order valence-electron chi connectivity index (χ1n) is 6.51. The number of aromatic nitrogens is 3. The smallest absolute Gasteiger partial charge is 0.258 e. The van der Waals surface area contributed by atoms with Crippen LogP contribution in [0, 0.1) is 5.82 Å². The SMILES string of the molecule is CCc1cnccc1-c1noc(-c2ccc(N)c(F)c2)n1. The average molecular weight is 284 g/mol. The van der Waals surface area contributed by atoms with Crippen LogP contribution in [0.2, 0.25) is 0 Å². The van der Waals surface area contributed by atoms with Crippen molar-refractivity contribution < 1.29 is 8.91 Å². The lowest BCUT2D eigenvalue weighted by atomic mass is 10.1. The lowest BCUT2D eigenvalue weighted by molar-refractivity contribution is 0.432. The molecule has 0 atom stereocenters. The van der Waals surface area contributed by atoms with Crippen LogP contribution in [0.15, 0.2) is 41.2 Å². The van der Waals surface area contributed by atoms with Crippen LogP contribution < -0.4 is 5.73 Å². The number of anilines is 1. The Balaban J connectivity index is 2.01. The summed E-state index contributed by atoms with van der Waals surface area (Å²) in [6.07, 6.45) is 4.26. The van der Waals surface area contributed by atoms with Gasteiger partial charge in [0.1, 0.15) is 5.82 Å². The minimum absolute atomic E-state index is 0.0842. The molecule has 2 N–H and O–H groups in total. The predicted molar refractivity (Wildman–Crippen MR) is 76.7 cm³/mol. The molecule has 0 spiro atoms. The molecule has 0 aliphatic heterocycles. The first-order chi connectivity index (χ1) is 10.2. The van der Waals surface area contributed by atoms with E-state index in [0.29, 0.717) is 11.4 Å². The highest BCUT2D eigenvalue weighted by atomic mass is 19.1. The Kier molecular flexibility index (Phi) is 3.35. The number of pyridine rings is 1. The third-order valence-electron chi connectivity index (χ3n) is 3.20. The van der Waals surface area contributed by atoms with Gasteiger partial charge < -0.3 is 10.3 Å². The highest BCUT2D eigenvalue weighted by Crippen LogP contribution is 2.26. The summed E-state index contributed by atoms with van der Waals surface area (Å²) in [5.74, 6) is 0.203. The van der Waals surface area contributed by atoms with Gasteiger partial charge in [0.05, 0.1) is 5.69 Å². The van der Waals surface area contributed by atoms with Crippen molar-refractivity contribution in [1.29, 1.82) is 0 Å². The molecule has 106 valence electrons. The summed E-state index contributed by atoms with van der Waals surface area (Å²) in [5, 5.41) is 3.96. The van der Waals surface area contributed by atoms with E-state index in [1.165, 1.54) is 12.1 Å². The molecule has 0 amide bonds. The second kappa shape index (κ2) is 5.32. The molecule has 0 aliphatic rings. The molecule has 6 heteroatoms. The van der Waals surface area contributed by atoms with Gasteiger partial charge >= 0.3 is 0 Å². The van der Waals surface area contributed by atoms with Gasteiger partial charge in [0.25, 0.3) is 5.89 Å². The molecule has 2 aromatic heterocycles. The van der Waals surface area contributed by atoms with Gasteiger partial charge in [-0.25, -0.2) is 4.39 Å². The summed E-state index contributed by atoms with van der Waals surface area (Å²) in [6.45, 7) is 2.02. The maximum atomic E-state index is 13.5. The van der Waals surface area contributed by atoms with Crippen LogP contribution in [-0.2, 0) is 6.42 Å². The molecular weight excluding hydrogens is 271 g/mol. The van der Waals surface area contributed by atoms with Crippen molar-refractivity contribution >= 4 is 5.69 Å². The van der Waals surface area contributed by atoms with Crippen LogP contribution in [0.25, 0.3) is 22.8 Å². The van der Waals surface area contributed by atoms with Crippen LogP contribution >= 0.6 is 0 Å². The number of hydrogen-bond donors (Lipinski definition) is 1. The summed E-state index contributed by atoms with van der Waals surface area (Å²) >= 11 is 0. The molecule has 3 rings (SSSR count). The highest BCUT2D eigenvalue weighted by molar-refractivity contribution is 5.63. The Morgan fingerprint density at radius 1 is 1.29 bits per heavy atom. The largest absolute Gasteiger partial charge is 0.396 e. The zero-order valence-electron chi connectivity index (χ0n) is 11.4. The Morgan fingerprint density at radius 3 is 2.90 bits per heavy atom. The summed E-state index contributed by atoms with van der Waals surface area (Å²) < 4.78 is 18.7. The molecule has 1 aromatic carbocycles. The van der Waals surface area contributed by atoms with Crippen LogP contribution in [0.4, 0.5) is 10.1 Å². The number of benzene rings is 1. The summed E-state index contributed by atoms with van der Waals surface area (Å²) in [6, 6.07) is 6.22. The summed E-state index contributed by atoms with van der Waals surface area (Å²) in [4.78, 5) is 8.40. The van der Waals surface area contributed by atoms with Gasteiger partial charge in [0.15, 0.2) is 0 Å². The molecule has 0 bridgehead atoms. The number of nitrogen functional groups attached to an aromatic ring is 1. The van der Waals surface area contributed by atoms with Crippen LogP contribution in [-0.4, -0.2) is 15.1 Å². The molecule has 0 saturated carbocycles. The molecule has 0 aliphatic carbocycles. The van der Waals surface area contributed by atoms with E-state index >= 15 is 0 Å². The fraction of sp³-hybridized carbons (Fsp3) is 0.133. The van der Waals surface area contributed by atoms with Crippen molar-refractivity contribution in [2.75, 3.05) is 5.73 Å². The van der Waals surface area contributed by atoms with Gasteiger partial charge in [0, 0.05) is 23.5 Å². The monoisotopic (exact) mass is 284 g/mol. The van der Waals surface area contributed by atoms with Gasteiger partial charge in [0.2, 0.25) is 5.82 Å². The molecule has 3 aromatic rings. The van der Waals surface area contributed by atoms with Crippen LogP contribution in [0.1, 0.15) is 12.5 Å². The zero-order chi connectivity index (χ0) is 14.8. The van der Waals surface area contributed by atoms with Crippen molar-refractivity contribution in [3.8, 4) is 22.8 Å². The number of aryl methyl sites for hydroxylation is 1. The topological polar surface area (TPSA) is 77.8 Å². The first-order valence-corrected chi connectivity index (χ1v) is 6.51. The van der Waals surface area contributed by atoms with Crippen LogP contribution in [0.5, 0.6) is 0 Å². The van der Waals surface area contributed by atoms with Gasteiger partial charge in [-0.1, -0.05) is 12.1 Å². The summed E-state index contributed by atoms with van der Waals surface area (Å²) in [5.41, 5.74) is 7.91. The van der Waals surface area contributed by atoms with E-state index in [0.717, 1.165) is 17.5 Å². The second-order valence-corrected chi connectivity index (χ2v) is 4.55. The first kappa shape index (κ1) is 13.2. The van der Waals surface area contributed by atoms with Crippen molar-refractivity contribution in [2.45, 2.75) is 13.3 Å². The highest BCUT2D eigenvalue weighted by Gasteiger charge is 2.14. The maximum Gasteiger partial charge on any atom is 0.258 e. The van der Waals surface area contributed by atoms with E-state index in [9.17, 15) is 4.39 Å². The van der Waals surface area contributed by atoms with Crippen molar-refractivity contribution in [2.24, 2.45) is 0 Å². The number of halogens is 1. The van der Waals surface area contributed by atoms with Gasteiger partial charge in [-0.2, -0.15) is 4.98 Å². The van der Waals surface area contributed by atoms with E-state index in [-0.39, 0.29) is 11.6 Å². The molecule has 5 nitrogen and oxygen atoms in total. The van der Waals surface area contributed by atoms with Crippen molar-refractivity contribution in [1.82, 2.24) is 15.1 Å². The minimum atomic E-state index is -0.509. The standard InChI is InChI=1S/C15H13FN4O/c1-2-9-8-18-6-5-11(9)14-19-15(21-20-14)10-3-4-13(17)12(16)7-10/h3-8H,2,17H2,1H3. The fourth-order valence-electron chi connectivity index (χ4n) is 2.04. The minimum Gasteiger partial charge on any atom is -0.396 e. The molecular formula is C15H13FN4O. The third-order valence-corrected chi connectivity index (χ3v) is 3.20. The number of rotatable bonds is 3. The van der Waals surface area contributed by atoms with E-state index in [2.05, 4.69) is 15.1 Å². The molecule has 0 radical (unpaired) electrons. The average Bonchev–Trinajstić information content (AvgIpc) is 2.99. The van der Waals surface area contributed by atoms with Crippen molar-refractivity contribution in [3.63, 3.8) is 0 Å². The maximum absolute atomic E-state index is 13.5. The third kappa shape index (κ3) is 2.47. The Hall–Kier alpha value is -2.76. The van der Waals surface area contributed by atoms with Gasteiger partial charge in [-0.3, -0.25) is 4.98 Å². The molecule has 0 fully saturated rings. The second-order valence-electron chi connectivity index (χ2n) is 4.55. The lowest BCUT2D eigenvalue weighted by Crippen LogP contribution is -1.91. The quantitative estimate of drug-likeness (QED) is 0.748. The van der Waals surface area contributed by atoms with Gasteiger partial charge in [-0.15, -0.1) is 0 Å². The van der Waals surface area contributed by atoms with E-state index in [1.807, 2.05) is 13.0 Å². The number of nitrogens with two attached hydrogens (primary N) is 1. The predicted octanol–water partition coefficient (Wildman–Crippen LogP) is 3.08. The number of hydrogen-bond acceptors (Lipinski definition) is 5. The van der Waals surface area contributed by atoms with E-state index in [1.54, 1.807) is 18.5 Å². The lowest BCUT2D eigenvalue weighted by Gasteiger charge is -2.01. The fourth-order valence-corrected chi connectivity index (χ4v) is 2.04.